The van der Waals surface area contributed by atoms with Gasteiger partial charge in [-0.25, -0.2) is 4.68 Å². The van der Waals surface area contributed by atoms with Crippen LogP contribution in [0.15, 0.2) is 65.7 Å². The quantitative estimate of drug-likeness (QED) is 0.200. The fourth-order valence-corrected chi connectivity index (χ4v) is 4.62. The summed E-state index contributed by atoms with van der Waals surface area (Å²) in [5, 5.41) is 15.7. The van der Waals surface area contributed by atoms with Gasteiger partial charge in [0.1, 0.15) is 4.32 Å². The highest BCUT2D eigenvalue weighted by Crippen LogP contribution is 2.35. The number of thioether (sulfide) groups is 1. The molecule has 9 heteroatoms. The van der Waals surface area contributed by atoms with Crippen molar-refractivity contribution < 1.29 is 9.72 Å². The zero-order valence-corrected chi connectivity index (χ0v) is 18.9. The summed E-state index contributed by atoms with van der Waals surface area (Å²) in [6, 6.07) is 15.9. The van der Waals surface area contributed by atoms with Crippen LogP contribution in [-0.4, -0.2) is 36.4 Å². The number of thiocarbonyl (C=S) groups is 1. The number of hydrogen-bond donors (Lipinski definition) is 0. The highest BCUT2D eigenvalue weighted by molar-refractivity contribution is 8.26. The molecular weight excluding hydrogens is 444 g/mol. The van der Waals surface area contributed by atoms with E-state index in [1.807, 2.05) is 36.5 Å². The van der Waals surface area contributed by atoms with Gasteiger partial charge < -0.3 is 0 Å². The predicted molar refractivity (Wildman–Crippen MR) is 130 cm³/mol. The predicted octanol–water partition coefficient (Wildman–Crippen LogP) is 5.45. The van der Waals surface area contributed by atoms with Crippen LogP contribution < -0.4 is 0 Å². The molecule has 32 heavy (non-hydrogen) atoms. The molecule has 1 saturated heterocycles. The Balaban J connectivity index is 1.76. The van der Waals surface area contributed by atoms with E-state index >= 15 is 0 Å². The summed E-state index contributed by atoms with van der Waals surface area (Å²) in [6.45, 7) is 2.68. The van der Waals surface area contributed by atoms with Crippen molar-refractivity contribution >= 4 is 46.0 Å². The summed E-state index contributed by atoms with van der Waals surface area (Å²) in [6.07, 6.45) is 5.52. The number of nitro benzene ring substituents is 1. The van der Waals surface area contributed by atoms with Gasteiger partial charge in [-0.2, -0.15) is 5.10 Å². The third-order valence-electron chi connectivity index (χ3n) is 5.01. The van der Waals surface area contributed by atoms with Crippen LogP contribution in [0.4, 0.5) is 5.69 Å². The molecule has 1 amide bonds. The highest BCUT2D eigenvalue weighted by atomic mass is 32.2. The second-order valence-electron chi connectivity index (χ2n) is 7.20. The van der Waals surface area contributed by atoms with Crippen molar-refractivity contribution in [2.75, 3.05) is 6.54 Å². The van der Waals surface area contributed by atoms with Crippen LogP contribution in [0.5, 0.6) is 0 Å². The lowest BCUT2D eigenvalue weighted by Gasteiger charge is -2.12. The van der Waals surface area contributed by atoms with E-state index in [1.54, 1.807) is 27.8 Å². The van der Waals surface area contributed by atoms with Gasteiger partial charge in [-0.05, 0) is 36.8 Å². The SMILES string of the molecule is CCCCN1C(=O)C(=Cc2cn(-c3ccccc3)nc2-c2ccc([N+](=O)[O-])cc2)SC1=S. The Labute approximate surface area is 194 Å². The molecule has 1 aliphatic heterocycles. The topological polar surface area (TPSA) is 81.3 Å². The molecule has 0 bridgehead atoms. The van der Waals surface area contributed by atoms with Crippen molar-refractivity contribution in [3.8, 4) is 16.9 Å². The Morgan fingerprint density at radius 3 is 2.53 bits per heavy atom. The lowest BCUT2D eigenvalue weighted by atomic mass is 10.1. The molecular formula is C23H20N4O3S2. The summed E-state index contributed by atoms with van der Waals surface area (Å²) >= 11 is 6.70. The average Bonchev–Trinajstić information content (AvgIpc) is 3.34. The van der Waals surface area contributed by atoms with E-state index in [-0.39, 0.29) is 11.6 Å². The summed E-state index contributed by atoms with van der Waals surface area (Å²) in [7, 11) is 0. The van der Waals surface area contributed by atoms with Crippen LogP contribution >= 0.6 is 24.0 Å². The maximum absolute atomic E-state index is 12.9. The second-order valence-corrected chi connectivity index (χ2v) is 8.88. The van der Waals surface area contributed by atoms with Crippen LogP contribution in [0.1, 0.15) is 25.3 Å². The van der Waals surface area contributed by atoms with Crippen molar-refractivity contribution in [1.29, 1.82) is 0 Å². The number of amides is 1. The number of para-hydroxylation sites is 1. The van der Waals surface area contributed by atoms with E-state index in [1.165, 1.54) is 23.9 Å². The first-order valence-electron chi connectivity index (χ1n) is 10.1. The third kappa shape index (κ3) is 4.49. The van der Waals surface area contributed by atoms with Gasteiger partial charge in [-0.3, -0.25) is 19.8 Å². The van der Waals surface area contributed by atoms with Gasteiger partial charge in [0.15, 0.2) is 0 Å². The Kier molecular flexibility index (Phi) is 6.48. The van der Waals surface area contributed by atoms with Crippen LogP contribution in [0, 0.1) is 10.1 Å². The van der Waals surface area contributed by atoms with Gasteiger partial charge in [0.2, 0.25) is 0 Å². The maximum atomic E-state index is 12.9. The molecule has 7 nitrogen and oxygen atoms in total. The molecule has 1 fully saturated rings. The number of hydrogen-bond acceptors (Lipinski definition) is 6. The molecule has 1 aromatic heterocycles. The lowest BCUT2D eigenvalue weighted by Crippen LogP contribution is -2.28. The minimum Gasteiger partial charge on any atom is -0.293 e. The van der Waals surface area contributed by atoms with Gasteiger partial charge in [-0.15, -0.1) is 0 Å². The number of unbranched alkanes of at least 4 members (excludes halogenated alkanes) is 1. The molecule has 0 aliphatic carbocycles. The Morgan fingerprint density at radius 2 is 1.88 bits per heavy atom. The first-order chi connectivity index (χ1) is 15.5. The molecule has 0 atom stereocenters. The van der Waals surface area contributed by atoms with E-state index in [2.05, 4.69) is 6.92 Å². The van der Waals surface area contributed by atoms with Crippen molar-refractivity contribution in [2.45, 2.75) is 19.8 Å². The third-order valence-corrected chi connectivity index (χ3v) is 6.39. The van der Waals surface area contributed by atoms with Crippen molar-refractivity contribution in [1.82, 2.24) is 14.7 Å². The summed E-state index contributed by atoms with van der Waals surface area (Å²) in [5.41, 5.74) is 2.96. The van der Waals surface area contributed by atoms with Crippen LogP contribution in [-0.2, 0) is 4.79 Å². The molecule has 0 unspecified atom stereocenters. The first kappa shape index (κ1) is 21.9. The maximum Gasteiger partial charge on any atom is 0.269 e. The lowest BCUT2D eigenvalue weighted by molar-refractivity contribution is -0.384. The number of nitro groups is 1. The Bertz CT molecular complexity index is 1200. The van der Waals surface area contributed by atoms with E-state index < -0.39 is 4.92 Å². The van der Waals surface area contributed by atoms with E-state index in [9.17, 15) is 14.9 Å². The number of nitrogens with zero attached hydrogens (tertiary/aromatic N) is 4. The summed E-state index contributed by atoms with van der Waals surface area (Å²) in [5.74, 6) is -0.101. The van der Waals surface area contributed by atoms with Gasteiger partial charge in [-0.1, -0.05) is 55.5 Å². The Morgan fingerprint density at radius 1 is 1.16 bits per heavy atom. The van der Waals surface area contributed by atoms with E-state index in [0.29, 0.717) is 21.5 Å². The number of non-ortho nitro benzene ring substituents is 1. The molecule has 0 saturated carbocycles. The van der Waals surface area contributed by atoms with Gasteiger partial charge in [0, 0.05) is 36.0 Å². The largest absolute Gasteiger partial charge is 0.293 e. The molecule has 0 spiro atoms. The highest BCUT2D eigenvalue weighted by Gasteiger charge is 2.31. The number of carbonyl (C=O) groups is 1. The minimum atomic E-state index is -0.436. The van der Waals surface area contributed by atoms with Crippen LogP contribution in [0.2, 0.25) is 0 Å². The molecule has 4 rings (SSSR count). The molecule has 2 heterocycles. The van der Waals surface area contributed by atoms with Gasteiger partial charge in [0.05, 0.1) is 21.2 Å². The summed E-state index contributed by atoms with van der Waals surface area (Å²) in [4.78, 5) is 25.7. The fourth-order valence-electron chi connectivity index (χ4n) is 3.32. The van der Waals surface area contributed by atoms with Crippen molar-refractivity contribution in [2.24, 2.45) is 0 Å². The van der Waals surface area contributed by atoms with Gasteiger partial charge >= 0.3 is 0 Å². The molecule has 2 aromatic carbocycles. The fraction of sp³-hybridized carbons (Fsp3) is 0.174. The van der Waals surface area contributed by atoms with Gasteiger partial charge in [0.25, 0.3) is 11.6 Å². The number of aromatic nitrogens is 2. The number of rotatable bonds is 7. The van der Waals surface area contributed by atoms with Crippen LogP contribution in [0.3, 0.4) is 0 Å². The van der Waals surface area contributed by atoms with E-state index in [4.69, 9.17) is 17.3 Å². The summed E-state index contributed by atoms with van der Waals surface area (Å²) < 4.78 is 2.29. The smallest absolute Gasteiger partial charge is 0.269 e. The first-order valence-corrected chi connectivity index (χ1v) is 11.4. The zero-order valence-electron chi connectivity index (χ0n) is 17.3. The number of benzene rings is 2. The standard InChI is InChI=1S/C23H20N4O3S2/c1-2-3-13-25-22(28)20(32-23(25)31)14-17-15-26(18-7-5-4-6-8-18)24-21(17)16-9-11-19(12-10-16)27(29)30/h4-12,14-15H,2-3,13H2,1H3. The van der Waals surface area contributed by atoms with Crippen molar-refractivity contribution in [3.05, 3.63) is 81.4 Å². The van der Waals surface area contributed by atoms with Crippen molar-refractivity contribution in [3.63, 3.8) is 0 Å². The van der Waals surface area contributed by atoms with E-state index in [0.717, 1.165) is 29.7 Å². The molecule has 162 valence electrons. The Hall–Kier alpha value is -3.30. The zero-order chi connectivity index (χ0) is 22.7. The molecule has 3 aromatic rings. The monoisotopic (exact) mass is 464 g/mol. The second kappa shape index (κ2) is 9.46. The average molecular weight is 465 g/mol. The molecule has 0 N–H and O–H groups in total. The number of carbonyl (C=O) groups excluding carboxylic acids is 1. The molecule has 1 aliphatic rings. The molecule has 0 radical (unpaired) electrons. The van der Waals surface area contributed by atoms with Crippen LogP contribution in [0.25, 0.3) is 23.0 Å². The normalized spacial score (nSPS) is 15.0. The minimum absolute atomic E-state index is 0.00888.